The van der Waals surface area contributed by atoms with Crippen LogP contribution in [0.1, 0.15) is 44.6 Å². The van der Waals surface area contributed by atoms with Crippen molar-refractivity contribution in [2.45, 2.75) is 27.4 Å². The highest BCUT2D eigenvalue weighted by Gasteiger charge is 2.23. The van der Waals surface area contributed by atoms with Gasteiger partial charge in [0.15, 0.2) is 0 Å². The number of carbonyl (C=O) groups is 2. The Kier molecular flexibility index (Phi) is 5.60. The fraction of sp³-hybridized carbons (Fsp3) is 0.294. The summed E-state index contributed by atoms with van der Waals surface area (Å²) < 4.78 is 11.3. The maximum atomic E-state index is 12.3. The van der Waals surface area contributed by atoms with Crippen molar-refractivity contribution in [3.63, 3.8) is 0 Å². The van der Waals surface area contributed by atoms with E-state index in [2.05, 4.69) is 20.9 Å². The zero-order chi connectivity index (χ0) is 17.0. The minimum Gasteiger partial charge on any atom is -0.461 e. The zero-order valence-electron chi connectivity index (χ0n) is 13.2. The van der Waals surface area contributed by atoms with E-state index >= 15 is 0 Å². The van der Waals surface area contributed by atoms with Gasteiger partial charge in [-0.3, -0.25) is 0 Å². The van der Waals surface area contributed by atoms with Gasteiger partial charge in [-0.1, -0.05) is 28.1 Å². The number of halogens is 1. The van der Waals surface area contributed by atoms with E-state index < -0.39 is 11.9 Å². The molecule has 2 aromatic rings. The molecule has 1 aromatic heterocycles. The Morgan fingerprint density at radius 1 is 1.09 bits per heavy atom. The monoisotopic (exact) mass is 379 g/mol. The van der Waals surface area contributed by atoms with E-state index in [1.165, 1.54) is 0 Å². The predicted octanol–water partition coefficient (Wildman–Crippen LogP) is 3.93. The number of ether oxygens (including phenoxy) is 2. The Morgan fingerprint density at radius 3 is 2.35 bits per heavy atom. The topological polar surface area (TPSA) is 68.4 Å². The van der Waals surface area contributed by atoms with E-state index in [4.69, 9.17) is 9.47 Å². The van der Waals surface area contributed by atoms with E-state index in [1.54, 1.807) is 20.8 Å². The Bertz CT molecular complexity index is 719. The molecule has 0 aliphatic heterocycles. The normalized spacial score (nSPS) is 10.4. The predicted molar refractivity (Wildman–Crippen MR) is 89.5 cm³/mol. The highest BCUT2D eigenvalue weighted by Crippen LogP contribution is 2.20. The fourth-order valence-corrected chi connectivity index (χ4v) is 2.53. The summed E-state index contributed by atoms with van der Waals surface area (Å²) in [6, 6.07) is 7.51. The molecule has 0 atom stereocenters. The Balaban J connectivity index is 2.13. The van der Waals surface area contributed by atoms with Crippen molar-refractivity contribution in [2.75, 3.05) is 6.61 Å². The molecule has 23 heavy (non-hydrogen) atoms. The summed E-state index contributed by atoms with van der Waals surface area (Å²) in [7, 11) is 0. The molecule has 1 aromatic carbocycles. The number of benzene rings is 1. The van der Waals surface area contributed by atoms with Gasteiger partial charge in [-0.25, -0.2) is 9.59 Å². The van der Waals surface area contributed by atoms with Gasteiger partial charge in [-0.2, -0.15) is 0 Å². The van der Waals surface area contributed by atoms with Gasteiger partial charge in [0.05, 0.1) is 12.2 Å². The number of aromatic nitrogens is 1. The Morgan fingerprint density at radius 2 is 1.74 bits per heavy atom. The summed E-state index contributed by atoms with van der Waals surface area (Å²) in [6.07, 6.45) is 0. The van der Waals surface area contributed by atoms with E-state index in [-0.39, 0.29) is 13.2 Å². The van der Waals surface area contributed by atoms with Crippen molar-refractivity contribution in [3.05, 3.63) is 56.8 Å². The number of esters is 2. The molecular formula is C17H18BrNO4. The highest BCUT2D eigenvalue weighted by atomic mass is 79.9. The molecule has 0 saturated carbocycles. The van der Waals surface area contributed by atoms with E-state index in [0.29, 0.717) is 22.5 Å². The van der Waals surface area contributed by atoms with Crippen LogP contribution >= 0.6 is 15.9 Å². The van der Waals surface area contributed by atoms with Crippen molar-refractivity contribution in [3.8, 4) is 0 Å². The number of rotatable bonds is 5. The first-order valence-corrected chi connectivity index (χ1v) is 8.01. The third-order valence-corrected chi connectivity index (χ3v) is 3.93. The number of nitrogens with one attached hydrogen (secondary N) is 1. The number of aryl methyl sites for hydroxylation is 1. The van der Waals surface area contributed by atoms with Gasteiger partial charge in [0.1, 0.15) is 12.3 Å². The maximum absolute atomic E-state index is 12.3. The lowest BCUT2D eigenvalue weighted by Crippen LogP contribution is -2.09. The molecule has 0 aliphatic rings. The van der Waals surface area contributed by atoms with Gasteiger partial charge in [0.2, 0.25) is 0 Å². The molecule has 2 rings (SSSR count). The second-order valence-corrected chi connectivity index (χ2v) is 5.96. The molecule has 0 bridgehead atoms. The smallest absolute Gasteiger partial charge is 0.355 e. The molecule has 122 valence electrons. The van der Waals surface area contributed by atoms with E-state index in [0.717, 1.165) is 10.0 Å². The molecule has 0 fully saturated rings. The summed E-state index contributed by atoms with van der Waals surface area (Å²) in [5.41, 5.74) is 2.69. The number of H-pyrrole nitrogens is 1. The molecule has 0 saturated heterocycles. The lowest BCUT2D eigenvalue weighted by molar-refractivity contribution is 0.0471. The van der Waals surface area contributed by atoms with Crippen LogP contribution in [0.2, 0.25) is 0 Å². The molecule has 6 heteroatoms. The van der Waals surface area contributed by atoms with Crippen molar-refractivity contribution in [2.24, 2.45) is 0 Å². The number of carbonyl (C=O) groups excluding carboxylic acids is 2. The lowest BCUT2D eigenvalue weighted by Gasteiger charge is -2.06. The van der Waals surface area contributed by atoms with Crippen LogP contribution in [0.25, 0.3) is 0 Å². The van der Waals surface area contributed by atoms with Crippen molar-refractivity contribution in [1.82, 2.24) is 4.98 Å². The number of aromatic amines is 1. The SMILES string of the molecule is CCOC(=O)c1[nH]c(C)c(C(=O)OCc2ccc(Br)cc2)c1C. The fourth-order valence-electron chi connectivity index (χ4n) is 2.27. The van der Waals surface area contributed by atoms with Gasteiger partial charge >= 0.3 is 11.9 Å². The first-order chi connectivity index (χ1) is 10.9. The van der Waals surface area contributed by atoms with Crippen LogP contribution in [0.5, 0.6) is 0 Å². The maximum Gasteiger partial charge on any atom is 0.355 e. The van der Waals surface area contributed by atoms with Gasteiger partial charge in [-0.05, 0) is 44.0 Å². The van der Waals surface area contributed by atoms with Gasteiger partial charge < -0.3 is 14.5 Å². The third kappa shape index (κ3) is 4.01. The largest absolute Gasteiger partial charge is 0.461 e. The van der Waals surface area contributed by atoms with Crippen LogP contribution in [-0.2, 0) is 16.1 Å². The molecule has 5 nitrogen and oxygen atoms in total. The summed E-state index contributed by atoms with van der Waals surface area (Å²) in [6.45, 7) is 5.61. The van der Waals surface area contributed by atoms with Gasteiger partial charge in [0, 0.05) is 10.2 Å². The third-order valence-electron chi connectivity index (χ3n) is 3.40. The molecule has 0 spiro atoms. The summed E-state index contributed by atoms with van der Waals surface area (Å²) in [5, 5.41) is 0. The minimum atomic E-state index is -0.472. The van der Waals surface area contributed by atoms with Crippen LogP contribution in [0.15, 0.2) is 28.7 Å². The van der Waals surface area contributed by atoms with Gasteiger partial charge in [0.25, 0.3) is 0 Å². The van der Waals surface area contributed by atoms with Crippen molar-refractivity contribution < 1.29 is 19.1 Å². The van der Waals surface area contributed by atoms with Crippen LogP contribution in [0, 0.1) is 13.8 Å². The highest BCUT2D eigenvalue weighted by molar-refractivity contribution is 9.10. The molecule has 1 heterocycles. The first kappa shape index (κ1) is 17.3. The van der Waals surface area contributed by atoms with Crippen molar-refractivity contribution >= 4 is 27.9 Å². The summed E-state index contributed by atoms with van der Waals surface area (Å²) in [4.78, 5) is 27.1. The number of hydrogen-bond donors (Lipinski definition) is 1. The van der Waals surface area contributed by atoms with Gasteiger partial charge in [-0.15, -0.1) is 0 Å². The molecule has 0 unspecified atom stereocenters. The van der Waals surface area contributed by atoms with E-state index in [1.807, 2.05) is 24.3 Å². The Labute approximate surface area is 143 Å². The number of hydrogen-bond acceptors (Lipinski definition) is 4. The second-order valence-electron chi connectivity index (χ2n) is 5.05. The molecule has 0 radical (unpaired) electrons. The van der Waals surface area contributed by atoms with Crippen LogP contribution in [0.3, 0.4) is 0 Å². The molecule has 0 aliphatic carbocycles. The van der Waals surface area contributed by atoms with Crippen molar-refractivity contribution in [1.29, 1.82) is 0 Å². The molecule has 1 N–H and O–H groups in total. The molecule has 0 amide bonds. The second kappa shape index (κ2) is 7.46. The molecular weight excluding hydrogens is 362 g/mol. The van der Waals surface area contributed by atoms with Crippen LogP contribution in [0.4, 0.5) is 0 Å². The Hall–Kier alpha value is -2.08. The standard InChI is InChI=1S/C17H18BrNO4/c1-4-22-17(21)15-10(2)14(11(3)19-15)16(20)23-9-12-5-7-13(18)8-6-12/h5-8,19H,4,9H2,1-3H3. The first-order valence-electron chi connectivity index (χ1n) is 7.21. The average Bonchev–Trinajstić information content (AvgIpc) is 2.82. The summed E-state index contributed by atoms with van der Waals surface area (Å²) in [5.74, 6) is -0.935. The van der Waals surface area contributed by atoms with E-state index in [9.17, 15) is 9.59 Å². The average molecular weight is 380 g/mol. The van der Waals surface area contributed by atoms with Crippen LogP contribution < -0.4 is 0 Å². The van der Waals surface area contributed by atoms with Crippen LogP contribution in [-0.4, -0.2) is 23.5 Å². The lowest BCUT2D eigenvalue weighted by atomic mass is 10.1. The summed E-state index contributed by atoms with van der Waals surface area (Å²) >= 11 is 3.35. The zero-order valence-corrected chi connectivity index (χ0v) is 14.8. The quantitative estimate of drug-likeness (QED) is 0.799. The minimum absolute atomic E-state index is 0.172.